The molecule has 18 heavy (non-hydrogen) atoms. The summed E-state index contributed by atoms with van der Waals surface area (Å²) >= 11 is 0. The predicted octanol–water partition coefficient (Wildman–Crippen LogP) is 3.50. The van der Waals surface area contributed by atoms with Crippen molar-refractivity contribution >= 4 is 0 Å². The molecule has 4 heteroatoms. The van der Waals surface area contributed by atoms with E-state index in [1.165, 1.54) is 12.1 Å². The molecule has 102 valence electrons. The van der Waals surface area contributed by atoms with Gasteiger partial charge in [0.05, 0.1) is 6.61 Å². The number of hydrogen-bond acceptors (Lipinski definition) is 2. The Hall–Kier alpha value is -1.16. The molecule has 0 fully saturated rings. The molecule has 0 heterocycles. The molecule has 1 rings (SSSR count). The normalized spacial score (nSPS) is 11.6. The number of nitrogens with two attached hydrogens (primary N) is 1. The fraction of sp³-hybridized carbons (Fsp3) is 0.571. The highest BCUT2D eigenvalue weighted by atomic mass is 19.2. The van der Waals surface area contributed by atoms with Crippen molar-refractivity contribution in [3.8, 4) is 5.75 Å². The number of unbranched alkanes of at least 4 members (excludes halogenated alkanes) is 1. The zero-order chi connectivity index (χ0) is 13.6. The third-order valence-electron chi connectivity index (χ3n) is 2.97. The average Bonchev–Trinajstić information content (AvgIpc) is 2.34. The van der Waals surface area contributed by atoms with Crippen LogP contribution in [0.1, 0.15) is 33.1 Å². The first-order valence-corrected chi connectivity index (χ1v) is 6.23. The highest BCUT2D eigenvalue weighted by Gasteiger charge is 2.14. The summed E-state index contributed by atoms with van der Waals surface area (Å²) in [5.74, 6) is -1.82. The molecule has 0 bridgehead atoms. The molecule has 0 spiro atoms. The Morgan fingerprint density at radius 2 is 1.94 bits per heavy atom. The first-order chi connectivity index (χ1) is 8.46. The molecule has 0 saturated carbocycles. The van der Waals surface area contributed by atoms with Crippen LogP contribution in [0.25, 0.3) is 0 Å². The van der Waals surface area contributed by atoms with Gasteiger partial charge >= 0.3 is 0 Å². The second-order valence-corrected chi connectivity index (χ2v) is 5.23. The molecular formula is C14H21F2NO. The largest absolute Gasteiger partial charge is 0.490 e. The lowest BCUT2D eigenvalue weighted by molar-refractivity contribution is 0.267. The molecule has 0 aliphatic heterocycles. The highest BCUT2D eigenvalue weighted by Crippen LogP contribution is 2.22. The van der Waals surface area contributed by atoms with Crippen molar-refractivity contribution in [2.75, 3.05) is 13.2 Å². The van der Waals surface area contributed by atoms with Gasteiger partial charge in [-0.25, -0.2) is 4.39 Å². The van der Waals surface area contributed by atoms with Crippen LogP contribution in [-0.4, -0.2) is 13.2 Å². The quantitative estimate of drug-likeness (QED) is 0.759. The minimum atomic E-state index is -0.917. The van der Waals surface area contributed by atoms with Crippen LogP contribution in [0.4, 0.5) is 8.78 Å². The fourth-order valence-electron chi connectivity index (χ4n) is 1.59. The third-order valence-corrected chi connectivity index (χ3v) is 2.97. The van der Waals surface area contributed by atoms with Gasteiger partial charge in [-0.3, -0.25) is 0 Å². The van der Waals surface area contributed by atoms with Crippen molar-refractivity contribution < 1.29 is 13.5 Å². The van der Waals surface area contributed by atoms with E-state index in [4.69, 9.17) is 10.5 Å². The van der Waals surface area contributed by atoms with Gasteiger partial charge in [0.1, 0.15) is 0 Å². The Bertz CT molecular complexity index is 380. The van der Waals surface area contributed by atoms with Gasteiger partial charge in [-0.2, -0.15) is 4.39 Å². The van der Waals surface area contributed by atoms with Crippen molar-refractivity contribution in [2.45, 2.75) is 33.1 Å². The summed E-state index contributed by atoms with van der Waals surface area (Å²) in [4.78, 5) is 0. The summed E-state index contributed by atoms with van der Waals surface area (Å²) < 4.78 is 31.3. The van der Waals surface area contributed by atoms with Gasteiger partial charge in [-0.05, 0) is 43.4 Å². The van der Waals surface area contributed by atoms with Crippen LogP contribution in [0.15, 0.2) is 18.2 Å². The maximum Gasteiger partial charge on any atom is 0.200 e. The lowest BCUT2D eigenvalue weighted by Gasteiger charge is -2.21. The molecule has 0 aromatic heterocycles. The molecule has 0 atom stereocenters. The zero-order valence-electron chi connectivity index (χ0n) is 11.0. The molecule has 1 aromatic carbocycles. The van der Waals surface area contributed by atoms with Gasteiger partial charge in [-0.15, -0.1) is 0 Å². The first kappa shape index (κ1) is 14.9. The van der Waals surface area contributed by atoms with E-state index < -0.39 is 11.6 Å². The SMILES string of the molecule is CC(C)(CN)CCCCOc1cccc(F)c1F. The molecule has 0 saturated heterocycles. The maximum absolute atomic E-state index is 13.2. The molecule has 0 amide bonds. The topological polar surface area (TPSA) is 35.2 Å². The Morgan fingerprint density at radius 1 is 1.22 bits per heavy atom. The smallest absolute Gasteiger partial charge is 0.200 e. The number of ether oxygens (including phenoxy) is 1. The van der Waals surface area contributed by atoms with E-state index in [1.54, 1.807) is 0 Å². The Morgan fingerprint density at radius 3 is 2.61 bits per heavy atom. The summed E-state index contributed by atoms with van der Waals surface area (Å²) in [6.45, 7) is 5.26. The van der Waals surface area contributed by atoms with Crippen LogP contribution < -0.4 is 10.5 Å². The monoisotopic (exact) mass is 257 g/mol. The van der Waals surface area contributed by atoms with E-state index >= 15 is 0 Å². The van der Waals surface area contributed by atoms with E-state index in [-0.39, 0.29) is 11.2 Å². The zero-order valence-corrected chi connectivity index (χ0v) is 11.0. The number of rotatable bonds is 7. The van der Waals surface area contributed by atoms with Crippen molar-refractivity contribution in [3.05, 3.63) is 29.8 Å². The fourth-order valence-corrected chi connectivity index (χ4v) is 1.59. The molecule has 0 radical (unpaired) electrons. The van der Waals surface area contributed by atoms with Gasteiger partial charge in [0.25, 0.3) is 0 Å². The van der Waals surface area contributed by atoms with Crippen molar-refractivity contribution in [3.63, 3.8) is 0 Å². The maximum atomic E-state index is 13.2. The van der Waals surface area contributed by atoms with Crippen molar-refractivity contribution in [1.82, 2.24) is 0 Å². The van der Waals surface area contributed by atoms with Crippen molar-refractivity contribution in [1.29, 1.82) is 0 Å². The lowest BCUT2D eigenvalue weighted by Crippen LogP contribution is -2.23. The van der Waals surface area contributed by atoms with E-state index in [0.717, 1.165) is 25.3 Å². The van der Waals surface area contributed by atoms with Crippen LogP contribution in [-0.2, 0) is 0 Å². The van der Waals surface area contributed by atoms with Crippen LogP contribution in [0.5, 0.6) is 5.75 Å². The molecule has 0 unspecified atom stereocenters. The van der Waals surface area contributed by atoms with Crippen LogP contribution in [0.3, 0.4) is 0 Å². The molecule has 2 nitrogen and oxygen atoms in total. The molecule has 0 aliphatic rings. The minimum Gasteiger partial charge on any atom is -0.490 e. The summed E-state index contributed by atoms with van der Waals surface area (Å²) in [6, 6.07) is 3.94. The molecule has 2 N–H and O–H groups in total. The Kier molecular flexibility index (Phi) is 5.54. The van der Waals surface area contributed by atoms with Gasteiger partial charge < -0.3 is 10.5 Å². The summed E-state index contributed by atoms with van der Waals surface area (Å²) in [7, 11) is 0. The van der Waals surface area contributed by atoms with Gasteiger partial charge in [0.2, 0.25) is 5.82 Å². The molecular weight excluding hydrogens is 236 g/mol. The molecule has 1 aromatic rings. The summed E-state index contributed by atoms with van der Waals surface area (Å²) in [5, 5.41) is 0. The Labute approximate surface area is 107 Å². The predicted molar refractivity (Wildman–Crippen MR) is 68.5 cm³/mol. The summed E-state index contributed by atoms with van der Waals surface area (Å²) in [6.07, 6.45) is 2.76. The number of benzene rings is 1. The van der Waals surface area contributed by atoms with Gasteiger partial charge in [-0.1, -0.05) is 19.9 Å². The van der Waals surface area contributed by atoms with E-state index in [1.807, 2.05) is 0 Å². The minimum absolute atomic E-state index is 0.0203. The standard InChI is InChI=1S/C14H21F2NO/c1-14(2,10-17)8-3-4-9-18-12-7-5-6-11(15)13(12)16/h5-7H,3-4,8-10,17H2,1-2H3. The highest BCUT2D eigenvalue weighted by molar-refractivity contribution is 5.24. The number of hydrogen-bond donors (Lipinski definition) is 1. The summed E-state index contributed by atoms with van der Waals surface area (Å²) in [5.41, 5.74) is 5.76. The third kappa shape index (κ3) is 4.61. The number of halogens is 2. The van der Waals surface area contributed by atoms with E-state index in [2.05, 4.69) is 13.8 Å². The second-order valence-electron chi connectivity index (χ2n) is 5.23. The van der Waals surface area contributed by atoms with Gasteiger partial charge in [0, 0.05) is 0 Å². The van der Waals surface area contributed by atoms with Crippen molar-refractivity contribution in [2.24, 2.45) is 11.1 Å². The second kappa shape index (κ2) is 6.69. The van der Waals surface area contributed by atoms with Gasteiger partial charge in [0.15, 0.2) is 11.6 Å². The average molecular weight is 257 g/mol. The van der Waals surface area contributed by atoms with Crippen LogP contribution in [0.2, 0.25) is 0 Å². The van der Waals surface area contributed by atoms with Crippen LogP contribution in [0, 0.1) is 17.0 Å². The van der Waals surface area contributed by atoms with E-state index in [0.29, 0.717) is 13.2 Å². The Balaban J connectivity index is 2.28. The van der Waals surface area contributed by atoms with E-state index in [9.17, 15) is 8.78 Å². The molecule has 0 aliphatic carbocycles. The first-order valence-electron chi connectivity index (χ1n) is 6.23. The van der Waals surface area contributed by atoms with Crippen LogP contribution >= 0.6 is 0 Å². The lowest BCUT2D eigenvalue weighted by atomic mass is 9.87.